The molecule has 0 spiro atoms. The number of nitrogens with two attached hydrogens (primary N) is 1. The summed E-state index contributed by atoms with van der Waals surface area (Å²) in [7, 11) is -5.61. The van der Waals surface area contributed by atoms with Crippen molar-refractivity contribution in [2.75, 3.05) is 18.9 Å². The summed E-state index contributed by atoms with van der Waals surface area (Å²) < 4.78 is 77.3. The van der Waals surface area contributed by atoms with E-state index < -0.39 is 94.6 Å². The molecule has 2 saturated heterocycles. The first-order valence-corrected chi connectivity index (χ1v) is 16.6. The van der Waals surface area contributed by atoms with Crippen LogP contribution in [0, 0.1) is 12.3 Å². The number of carbonyl (C=O) groups is 1. The number of aliphatic hydroxyl groups is 4. The summed E-state index contributed by atoms with van der Waals surface area (Å²) in [6.45, 7) is -5.81. The van der Waals surface area contributed by atoms with Crippen molar-refractivity contribution in [2.24, 2.45) is 0 Å². The van der Waals surface area contributed by atoms with E-state index in [1.165, 1.54) is 0 Å². The maximum Gasteiger partial charge on any atom is 0.481 e. The van der Waals surface area contributed by atoms with Crippen LogP contribution in [0.2, 0.25) is 0 Å². The van der Waals surface area contributed by atoms with E-state index in [0.29, 0.717) is 0 Å². The Hall–Kier alpha value is -2.25. The molecule has 4 rings (SSSR count). The molecule has 0 aromatic carbocycles. The molecule has 45 heavy (non-hydrogen) atoms. The number of carbonyl (C=O) groups excluding carboxylic acids is 1. The van der Waals surface area contributed by atoms with Crippen molar-refractivity contribution in [3.63, 3.8) is 0 Å². The number of esters is 1. The van der Waals surface area contributed by atoms with E-state index in [1.54, 1.807) is 5.92 Å². The van der Waals surface area contributed by atoms with Crippen LogP contribution in [-0.4, -0.2) is 114 Å². The van der Waals surface area contributed by atoms with Gasteiger partial charge in [0.25, 0.3) is 0 Å². The minimum atomic E-state index is -5.61. The Morgan fingerprint density at radius 3 is 2.58 bits per heavy atom. The molecular formula is C22H27F2N3O15P2S. The molecule has 0 bridgehead atoms. The second-order valence-corrected chi connectivity index (χ2v) is 14.1. The smallest absolute Gasteiger partial charge is 0.463 e. The molecular weight excluding hydrogens is 678 g/mol. The molecule has 0 radical (unpaired) electrons. The van der Waals surface area contributed by atoms with E-state index >= 15 is 4.39 Å². The minimum absolute atomic E-state index is 0.0185. The maximum absolute atomic E-state index is 15.8. The highest BCUT2D eigenvalue weighted by molar-refractivity contribution is 8.08. The number of halogens is 2. The van der Waals surface area contributed by atoms with Gasteiger partial charge in [-0.15, -0.1) is 6.42 Å². The average molecular weight is 705 g/mol. The third-order valence-corrected chi connectivity index (χ3v) is 10.2. The van der Waals surface area contributed by atoms with Crippen LogP contribution < -0.4 is 5.73 Å². The van der Waals surface area contributed by atoms with Gasteiger partial charge in [0.05, 0.1) is 18.4 Å². The molecule has 8 N–H and O–H groups in total. The number of anilines is 1. The first kappa shape index (κ1) is 35.6. The number of phosphoric acid groups is 1. The highest BCUT2D eigenvalue weighted by atomic mass is 32.5. The third kappa shape index (κ3) is 7.51. The van der Waals surface area contributed by atoms with Crippen LogP contribution in [-0.2, 0) is 48.7 Å². The first-order valence-electron chi connectivity index (χ1n) is 12.6. The van der Waals surface area contributed by atoms with E-state index in [2.05, 4.69) is 23.5 Å². The summed E-state index contributed by atoms with van der Waals surface area (Å²) in [6.07, 6.45) is -11.3. The summed E-state index contributed by atoms with van der Waals surface area (Å²) in [5, 5.41) is 40.9. The number of hydrogen-bond donors (Lipinski definition) is 7. The number of nitrogens with zero attached hydrogens (tertiary/aromatic N) is 2. The summed E-state index contributed by atoms with van der Waals surface area (Å²) in [4.78, 5) is 39.2. The zero-order valence-electron chi connectivity index (χ0n) is 22.7. The van der Waals surface area contributed by atoms with Crippen molar-refractivity contribution in [2.45, 2.75) is 67.8 Å². The van der Waals surface area contributed by atoms with Gasteiger partial charge >= 0.3 is 20.5 Å². The highest BCUT2D eigenvalue weighted by Crippen LogP contribution is 2.62. The standard InChI is InChI=1S/C22H27F2N3O15P2S/c1-3-22(24)18(32)11(39-19(22)9-4-37-17-12(9)26-7-27-20(17)25)6-38-44(35,45)42-43(33,34)41-21-15(31)13(29)14(30)16(40-21)10(23)5-36-8(2)28/h1,4,7,10-11,13-16,18-19,21,29-32H,5-6H2,2H3,(H,33,34)(H,35,45)(H2,25,26,27)/t10-,11+,13?,14?,15?,16?,18+,19-,21?,22+,44?/m0/s1. The number of terminal acetylenes is 1. The van der Waals surface area contributed by atoms with E-state index in [9.17, 15) is 44.0 Å². The van der Waals surface area contributed by atoms with Gasteiger partial charge in [-0.3, -0.25) is 9.32 Å². The van der Waals surface area contributed by atoms with Crippen LogP contribution in [0.15, 0.2) is 17.0 Å². The predicted molar refractivity (Wildman–Crippen MR) is 145 cm³/mol. The summed E-state index contributed by atoms with van der Waals surface area (Å²) in [5.74, 6) is 0.824. The number of ether oxygens (including phenoxy) is 3. The molecule has 250 valence electrons. The maximum atomic E-state index is 15.8. The van der Waals surface area contributed by atoms with Gasteiger partial charge in [0.15, 0.2) is 23.9 Å². The van der Waals surface area contributed by atoms with Crippen LogP contribution in [0.1, 0.15) is 18.6 Å². The van der Waals surface area contributed by atoms with Crippen molar-refractivity contribution in [3.05, 3.63) is 18.2 Å². The summed E-state index contributed by atoms with van der Waals surface area (Å²) in [5.41, 5.74) is 2.74. The fourth-order valence-electron chi connectivity index (χ4n) is 4.46. The Labute approximate surface area is 256 Å². The van der Waals surface area contributed by atoms with Gasteiger partial charge in [-0.1, -0.05) is 5.92 Å². The van der Waals surface area contributed by atoms with E-state index in [-0.39, 0.29) is 22.5 Å². The molecule has 2 aliphatic heterocycles. The van der Waals surface area contributed by atoms with Crippen molar-refractivity contribution in [3.8, 4) is 12.3 Å². The highest BCUT2D eigenvalue weighted by Gasteiger charge is 2.58. The summed E-state index contributed by atoms with van der Waals surface area (Å²) >= 11 is 4.69. The van der Waals surface area contributed by atoms with Crippen LogP contribution in [0.25, 0.3) is 11.1 Å². The Bertz CT molecular complexity index is 1550. The van der Waals surface area contributed by atoms with Gasteiger partial charge < -0.3 is 59.1 Å². The van der Waals surface area contributed by atoms with E-state index in [0.717, 1.165) is 19.5 Å². The van der Waals surface area contributed by atoms with Crippen LogP contribution >= 0.6 is 14.5 Å². The third-order valence-electron chi connectivity index (χ3n) is 6.64. The number of aliphatic hydroxyl groups excluding tert-OH is 4. The number of hydrogen-bond acceptors (Lipinski definition) is 17. The zero-order chi connectivity index (χ0) is 33.5. The lowest BCUT2D eigenvalue weighted by Crippen LogP contribution is -2.61. The van der Waals surface area contributed by atoms with Crippen molar-refractivity contribution >= 4 is 49.2 Å². The Kier molecular flexibility index (Phi) is 10.7. The lowest BCUT2D eigenvalue weighted by atomic mass is 9.90. The predicted octanol–water partition coefficient (Wildman–Crippen LogP) is -0.977. The largest absolute Gasteiger partial charge is 0.481 e. The lowest BCUT2D eigenvalue weighted by molar-refractivity contribution is -0.287. The molecule has 7 unspecified atom stereocenters. The van der Waals surface area contributed by atoms with Crippen LogP contribution in [0.5, 0.6) is 0 Å². The number of aromatic nitrogens is 2. The minimum Gasteiger partial charge on any atom is -0.463 e. The van der Waals surface area contributed by atoms with Crippen molar-refractivity contribution < 1.29 is 80.3 Å². The normalized spacial score (nSPS) is 35.3. The number of nitrogen functional groups attached to an aromatic ring is 1. The van der Waals surface area contributed by atoms with Crippen LogP contribution in [0.4, 0.5) is 14.6 Å². The lowest BCUT2D eigenvalue weighted by Gasteiger charge is -2.41. The molecule has 12 atom stereocenters. The molecule has 2 aromatic rings. The zero-order valence-corrected chi connectivity index (χ0v) is 25.3. The van der Waals surface area contributed by atoms with Gasteiger partial charge in [0.2, 0.25) is 5.67 Å². The topological polar surface area (TPSA) is 276 Å². The molecule has 0 amide bonds. The van der Waals surface area contributed by atoms with E-state index in [4.69, 9.17) is 42.4 Å². The number of rotatable bonds is 11. The number of fused-ring (bicyclic) bond motifs is 1. The molecule has 23 heteroatoms. The Morgan fingerprint density at radius 2 is 1.93 bits per heavy atom. The van der Waals surface area contributed by atoms with Gasteiger partial charge in [0.1, 0.15) is 61.2 Å². The molecule has 2 aliphatic rings. The molecule has 2 fully saturated rings. The van der Waals surface area contributed by atoms with Gasteiger partial charge in [-0.25, -0.2) is 27.6 Å². The van der Waals surface area contributed by atoms with Gasteiger partial charge in [-0.05, 0) is 11.8 Å². The summed E-state index contributed by atoms with van der Waals surface area (Å²) in [6, 6.07) is 0. The molecule has 18 nitrogen and oxygen atoms in total. The average Bonchev–Trinajstić information content (AvgIpc) is 3.49. The van der Waals surface area contributed by atoms with Crippen molar-refractivity contribution in [1.29, 1.82) is 0 Å². The monoisotopic (exact) mass is 705 g/mol. The fraction of sp³-hybridized carbons (Fsp3) is 0.591. The van der Waals surface area contributed by atoms with Crippen molar-refractivity contribution in [1.82, 2.24) is 9.97 Å². The second kappa shape index (κ2) is 13.5. The SMILES string of the molecule is C#C[C@@]1(F)[C@H](O)[C@@H](COP(O)(=S)OP(=O)(O)OC2OC([C@@H](F)COC(C)=O)C(O)C(O)C2O)O[C@H]1c1coc2c(N)ncnc12. The second-order valence-electron chi connectivity index (χ2n) is 9.72. The Morgan fingerprint density at radius 1 is 1.24 bits per heavy atom. The first-order chi connectivity index (χ1) is 20.9. The molecule has 0 saturated carbocycles. The number of furan rings is 1. The molecule has 2 aromatic heterocycles. The van der Waals surface area contributed by atoms with Gasteiger partial charge in [-0.2, -0.15) is 0 Å². The number of alkyl halides is 2. The van der Waals surface area contributed by atoms with Gasteiger partial charge in [0, 0.05) is 6.92 Å². The quantitative estimate of drug-likeness (QED) is 0.0841. The molecule has 0 aliphatic carbocycles. The Balaban J connectivity index is 1.42. The molecule has 4 heterocycles. The van der Waals surface area contributed by atoms with E-state index in [1.807, 2.05) is 0 Å². The van der Waals surface area contributed by atoms with Crippen LogP contribution in [0.3, 0.4) is 0 Å². The fourth-order valence-corrected chi connectivity index (χ4v) is 7.56. The number of phosphoric ester groups is 1.